The summed E-state index contributed by atoms with van der Waals surface area (Å²) in [6.07, 6.45) is 10.6. The van der Waals surface area contributed by atoms with Gasteiger partial charge in [-0.1, -0.05) is 48.7 Å². The van der Waals surface area contributed by atoms with Crippen LogP contribution in [-0.2, 0) is 27.3 Å². The number of esters is 1. The molecule has 9 heteroatoms. The first-order valence-corrected chi connectivity index (χ1v) is 13.4. The van der Waals surface area contributed by atoms with E-state index in [1.807, 2.05) is 6.20 Å². The molecule has 5 rings (SSSR count). The molecule has 37 heavy (non-hydrogen) atoms. The van der Waals surface area contributed by atoms with Gasteiger partial charge in [-0.3, -0.25) is 9.48 Å². The van der Waals surface area contributed by atoms with Crippen molar-refractivity contribution >= 4 is 5.97 Å². The Balaban J connectivity index is 1.21. The van der Waals surface area contributed by atoms with E-state index in [1.54, 1.807) is 7.11 Å². The molecule has 9 nitrogen and oxygen atoms in total. The van der Waals surface area contributed by atoms with Gasteiger partial charge < -0.3 is 18.9 Å². The van der Waals surface area contributed by atoms with Crippen molar-refractivity contribution in [3.8, 4) is 22.8 Å². The van der Waals surface area contributed by atoms with E-state index in [0.717, 1.165) is 68.6 Å². The minimum atomic E-state index is -0.0761. The predicted molar refractivity (Wildman–Crippen MR) is 139 cm³/mol. The van der Waals surface area contributed by atoms with Gasteiger partial charge >= 0.3 is 5.97 Å². The number of hydrogen-bond acceptors (Lipinski definition) is 8. The summed E-state index contributed by atoms with van der Waals surface area (Å²) in [5.41, 5.74) is 4.03. The van der Waals surface area contributed by atoms with Gasteiger partial charge in [-0.15, -0.1) is 0 Å². The maximum absolute atomic E-state index is 11.7. The zero-order valence-corrected chi connectivity index (χ0v) is 21.9. The number of carbonyl (C=O) groups excluding carboxylic acids is 1. The molecule has 2 fully saturated rings. The first-order chi connectivity index (χ1) is 18.2. The molecule has 2 aromatic heterocycles. The smallest absolute Gasteiger partial charge is 0.308 e. The maximum atomic E-state index is 11.7. The van der Waals surface area contributed by atoms with Crippen LogP contribution < -0.4 is 0 Å². The van der Waals surface area contributed by atoms with E-state index in [1.165, 1.54) is 31.9 Å². The van der Waals surface area contributed by atoms with Crippen LogP contribution in [0.25, 0.3) is 22.8 Å². The van der Waals surface area contributed by atoms with Crippen LogP contribution in [0.2, 0.25) is 0 Å². The van der Waals surface area contributed by atoms with Crippen LogP contribution >= 0.6 is 0 Å². The number of benzene rings is 1. The normalized spacial score (nSPS) is 17.8. The third-order valence-electron chi connectivity index (χ3n) is 7.81. The molecule has 0 N–H and O–H groups in total. The fraction of sp³-hybridized carbons (Fsp3) is 0.571. The fourth-order valence-electron chi connectivity index (χ4n) is 5.60. The Morgan fingerprint density at radius 2 is 1.81 bits per heavy atom. The van der Waals surface area contributed by atoms with Crippen LogP contribution in [0.1, 0.15) is 62.2 Å². The largest absolute Gasteiger partial charge is 0.469 e. The Hall–Kier alpha value is -3.04. The van der Waals surface area contributed by atoms with Gasteiger partial charge in [0.25, 0.3) is 5.89 Å². The summed E-state index contributed by atoms with van der Waals surface area (Å²) >= 11 is 0. The molecule has 198 valence electrons. The molecule has 3 heterocycles. The molecule has 1 aliphatic carbocycles. The quantitative estimate of drug-likeness (QED) is 0.385. The van der Waals surface area contributed by atoms with E-state index in [9.17, 15) is 4.79 Å². The van der Waals surface area contributed by atoms with E-state index in [4.69, 9.17) is 19.0 Å². The van der Waals surface area contributed by atoms with Crippen LogP contribution in [-0.4, -0.2) is 64.6 Å². The molecule has 0 atom stereocenters. The van der Waals surface area contributed by atoms with Gasteiger partial charge in [0.15, 0.2) is 0 Å². The highest BCUT2D eigenvalue weighted by atomic mass is 16.5. The zero-order chi connectivity index (χ0) is 25.6. The minimum Gasteiger partial charge on any atom is -0.469 e. The molecule has 3 aromatic rings. The number of likely N-dealkylation sites (tertiary alicyclic amines) is 1. The van der Waals surface area contributed by atoms with Gasteiger partial charge in [0.05, 0.1) is 43.1 Å². The SMILES string of the molecule is COCc1c(-c2nc(-c3ccc(CCN4CCC(C(=O)OC)CC4)cc3)no2)cnn1C1CCCCC1. The monoisotopic (exact) mass is 507 g/mol. The molecular weight excluding hydrogens is 470 g/mol. The van der Waals surface area contributed by atoms with Gasteiger partial charge in [-0.25, -0.2) is 0 Å². The number of ether oxygens (including phenoxy) is 2. The van der Waals surface area contributed by atoms with E-state index in [-0.39, 0.29) is 11.9 Å². The van der Waals surface area contributed by atoms with Gasteiger partial charge in [0.1, 0.15) is 0 Å². The van der Waals surface area contributed by atoms with E-state index in [2.05, 4.69) is 44.1 Å². The molecule has 0 radical (unpaired) electrons. The Kier molecular flexibility index (Phi) is 8.31. The Bertz CT molecular complexity index is 1160. The molecule has 2 aliphatic rings. The minimum absolute atomic E-state index is 0.0487. The highest BCUT2D eigenvalue weighted by Crippen LogP contribution is 2.33. The lowest BCUT2D eigenvalue weighted by molar-refractivity contribution is -0.147. The summed E-state index contributed by atoms with van der Waals surface area (Å²) in [6, 6.07) is 8.76. The van der Waals surface area contributed by atoms with E-state index < -0.39 is 0 Å². The summed E-state index contributed by atoms with van der Waals surface area (Å²) in [4.78, 5) is 18.8. The average molecular weight is 508 g/mol. The van der Waals surface area contributed by atoms with Crippen molar-refractivity contribution in [2.45, 2.75) is 64.0 Å². The van der Waals surface area contributed by atoms with Crippen molar-refractivity contribution in [1.29, 1.82) is 0 Å². The third-order valence-corrected chi connectivity index (χ3v) is 7.81. The predicted octanol–water partition coefficient (Wildman–Crippen LogP) is 4.68. The molecule has 0 unspecified atom stereocenters. The molecule has 1 aromatic carbocycles. The Morgan fingerprint density at radius 3 is 2.51 bits per heavy atom. The second kappa shape index (κ2) is 12.0. The van der Waals surface area contributed by atoms with E-state index in [0.29, 0.717) is 24.4 Å². The van der Waals surface area contributed by atoms with Gasteiger partial charge in [-0.05, 0) is 50.8 Å². The number of nitrogens with zero attached hydrogens (tertiary/aromatic N) is 5. The molecule has 1 aliphatic heterocycles. The number of rotatable bonds is 9. The van der Waals surface area contributed by atoms with E-state index >= 15 is 0 Å². The molecule has 0 amide bonds. The summed E-state index contributed by atoms with van der Waals surface area (Å²) in [7, 11) is 3.17. The summed E-state index contributed by atoms with van der Waals surface area (Å²) < 4.78 is 18.2. The summed E-state index contributed by atoms with van der Waals surface area (Å²) in [5.74, 6) is 1.02. The van der Waals surface area contributed by atoms with Crippen LogP contribution in [0, 0.1) is 5.92 Å². The fourth-order valence-corrected chi connectivity index (χ4v) is 5.60. The highest BCUT2D eigenvalue weighted by Gasteiger charge is 2.26. The van der Waals surface area contributed by atoms with Crippen LogP contribution in [0.3, 0.4) is 0 Å². The van der Waals surface area contributed by atoms with Crippen molar-refractivity contribution in [1.82, 2.24) is 24.8 Å². The van der Waals surface area contributed by atoms with Crippen molar-refractivity contribution < 1.29 is 18.8 Å². The van der Waals surface area contributed by atoms with Crippen molar-refractivity contribution in [3.05, 3.63) is 41.7 Å². The standard InChI is InChI=1S/C28H37N5O4/c1-35-19-25-24(18-29-33(25)23-6-4-3-5-7-23)27-30-26(31-37-27)21-10-8-20(9-11-21)12-15-32-16-13-22(14-17-32)28(34)36-2/h8-11,18,22-23H,3-7,12-17,19H2,1-2H3. The van der Waals surface area contributed by atoms with Gasteiger partial charge in [0, 0.05) is 19.2 Å². The first-order valence-electron chi connectivity index (χ1n) is 13.4. The third kappa shape index (κ3) is 5.93. The lowest BCUT2D eigenvalue weighted by Crippen LogP contribution is -2.37. The first kappa shape index (κ1) is 25.6. The van der Waals surface area contributed by atoms with Gasteiger partial charge in [0.2, 0.25) is 5.82 Å². The lowest BCUT2D eigenvalue weighted by atomic mass is 9.95. The topological polar surface area (TPSA) is 95.5 Å². The molecule has 1 saturated heterocycles. The van der Waals surface area contributed by atoms with Crippen molar-refractivity contribution in [3.63, 3.8) is 0 Å². The average Bonchev–Trinajstić information content (AvgIpc) is 3.60. The Labute approximate surface area is 218 Å². The van der Waals surface area contributed by atoms with Crippen molar-refractivity contribution in [2.75, 3.05) is 33.9 Å². The summed E-state index contributed by atoms with van der Waals surface area (Å²) in [6.45, 7) is 3.31. The van der Waals surface area contributed by atoms with Gasteiger partial charge in [-0.2, -0.15) is 10.1 Å². The molecule has 0 spiro atoms. The second-order valence-corrected chi connectivity index (χ2v) is 10.2. The number of piperidine rings is 1. The number of methoxy groups -OCH3 is 2. The Morgan fingerprint density at radius 1 is 1.05 bits per heavy atom. The van der Waals surface area contributed by atoms with Crippen molar-refractivity contribution in [2.24, 2.45) is 5.92 Å². The lowest BCUT2D eigenvalue weighted by Gasteiger charge is -2.30. The number of aromatic nitrogens is 4. The van der Waals surface area contributed by atoms with Crippen LogP contribution in [0.4, 0.5) is 0 Å². The second-order valence-electron chi connectivity index (χ2n) is 10.2. The van der Waals surface area contributed by atoms with Crippen LogP contribution in [0.15, 0.2) is 35.0 Å². The summed E-state index contributed by atoms with van der Waals surface area (Å²) in [5, 5.41) is 8.94. The zero-order valence-electron chi connectivity index (χ0n) is 21.9. The van der Waals surface area contributed by atoms with Crippen LogP contribution in [0.5, 0.6) is 0 Å². The maximum Gasteiger partial charge on any atom is 0.308 e. The molecule has 1 saturated carbocycles. The highest BCUT2D eigenvalue weighted by molar-refractivity contribution is 5.72. The number of carbonyl (C=O) groups is 1. The number of hydrogen-bond donors (Lipinski definition) is 0. The molecule has 0 bridgehead atoms. The molecular formula is C28H37N5O4.